The number of carboxylic acids is 1. The Bertz CT molecular complexity index is 499. The lowest BCUT2D eigenvalue weighted by Crippen LogP contribution is -2.48. The lowest BCUT2D eigenvalue weighted by molar-refractivity contribution is -0.159. The number of hydrogen-bond donors (Lipinski definition) is 1. The number of morpholine rings is 1. The highest BCUT2D eigenvalue weighted by atomic mass is 16.5. The topological polar surface area (TPSA) is 76.1 Å². The molecule has 2 rings (SSSR count). The molecule has 0 aliphatic carbocycles. The average Bonchev–Trinajstić information content (AvgIpc) is 2.53. The number of rotatable bonds is 5. The summed E-state index contributed by atoms with van der Waals surface area (Å²) in [4.78, 5) is 24.6. The first-order valence-corrected chi connectivity index (χ1v) is 6.85. The van der Waals surface area contributed by atoms with Gasteiger partial charge in [-0.05, 0) is 24.1 Å². The third-order valence-corrected chi connectivity index (χ3v) is 3.48. The summed E-state index contributed by atoms with van der Waals surface area (Å²) >= 11 is 0. The smallest absolute Gasteiger partial charge is 0.334 e. The van der Waals surface area contributed by atoms with E-state index in [9.17, 15) is 9.59 Å². The van der Waals surface area contributed by atoms with Gasteiger partial charge in [0.15, 0.2) is 6.10 Å². The second kappa shape index (κ2) is 7.08. The highest BCUT2D eigenvalue weighted by Gasteiger charge is 2.28. The van der Waals surface area contributed by atoms with Gasteiger partial charge in [-0.2, -0.15) is 0 Å². The van der Waals surface area contributed by atoms with Crippen LogP contribution in [-0.4, -0.2) is 54.8 Å². The van der Waals surface area contributed by atoms with Crippen LogP contribution in [0.25, 0.3) is 0 Å². The standard InChI is InChI=1S/C15H19NO5/c1-20-12-5-2-11(3-6-12)4-7-14(17)16-8-9-21-13(10-16)15(18)19/h2-3,5-6,13H,4,7-10H2,1H3,(H,18,19). The summed E-state index contributed by atoms with van der Waals surface area (Å²) in [5, 5.41) is 8.92. The first kappa shape index (κ1) is 15.3. The summed E-state index contributed by atoms with van der Waals surface area (Å²) < 4.78 is 10.2. The predicted molar refractivity (Wildman–Crippen MR) is 75.3 cm³/mol. The molecule has 6 heteroatoms. The zero-order valence-electron chi connectivity index (χ0n) is 11.9. The number of carbonyl (C=O) groups excluding carboxylic acids is 1. The van der Waals surface area contributed by atoms with Gasteiger partial charge in [0.2, 0.25) is 5.91 Å². The van der Waals surface area contributed by atoms with Gasteiger partial charge in [-0.3, -0.25) is 4.79 Å². The van der Waals surface area contributed by atoms with E-state index in [0.717, 1.165) is 11.3 Å². The Balaban J connectivity index is 1.84. The number of nitrogens with zero attached hydrogens (tertiary/aromatic N) is 1. The van der Waals surface area contributed by atoms with Crippen LogP contribution < -0.4 is 4.74 Å². The van der Waals surface area contributed by atoms with Crippen LogP contribution in [-0.2, 0) is 20.7 Å². The van der Waals surface area contributed by atoms with Gasteiger partial charge in [0.25, 0.3) is 0 Å². The van der Waals surface area contributed by atoms with Crippen LogP contribution in [0.3, 0.4) is 0 Å². The Morgan fingerprint density at radius 1 is 1.38 bits per heavy atom. The van der Waals surface area contributed by atoms with Crippen LogP contribution in [0.15, 0.2) is 24.3 Å². The molecule has 1 saturated heterocycles. The van der Waals surface area contributed by atoms with E-state index in [1.807, 2.05) is 24.3 Å². The van der Waals surface area contributed by atoms with E-state index in [0.29, 0.717) is 19.4 Å². The van der Waals surface area contributed by atoms with E-state index in [1.54, 1.807) is 12.0 Å². The van der Waals surface area contributed by atoms with Crippen LogP contribution >= 0.6 is 0 Å². The summed E-state index contributed by atoms with van der Waals surface area (Å²) in [7, 11) is 1.61. The highest BCUT2D eigenvalue weighted by molar-refractivity contribution is 5.78. The normalized spacial score (nSPS) is 18.3. The first-order chi connectivity index (χ1) is 10.1. The summed E-state index contributed by atoms with van der Waals surface area (Å²) in [5.74, 6) is -0.287. The number of carboxylic acid groups (broad SMARTS) is 1. The Labute approximate surface area is 123 Å². The molecule has 1 N–H and O–H groups in total. The predicted octanol–water partition coefficient (Wildman–Crippen LogP) is 0.940. The van der Waals surface area contributed by atoms with Crippen LogP contribution in [0, 0.1) is 0 Å². The van der Waals surface area contributed by atoms with Crippen molar-refractivity contribution in [1.29, 1.82) is 0 Å². The molecule has 0 bridgehead atoms. The maximum Gasteiger partial charge on any atom is 0.334 e. The Morgan fingerprint density at radius 3 is 2.71 bits per heavy atom. The van der Waals surface area contributed by atoms with E-state index in [-0.39, 0.29) is 19.1 Å². The van der Waals surface area contributed by atoms with E-state index in [4.69, 9.17) is 14.6 Å². The van der Waals surface area contributed by atoms with Crippen molar-refractivity contribution >= 4 is 11.9 Å². The van der Waals surface area contributed by atoms with E-state index < -0.39 is 12.1 Å². The van der Waals surface area contributed by atoms with E-state index in [1.165, 1.54) is 0 Å². The average molecular weight is 293 g/mol. The number of amides is 1. The second-order valence-corrected chi connectivity index (χ2v) is 4.89. The van der Waals surface area contributed by atoms with Gasteiger partial charge < -0.3 is 19.5 Å². The number of aryl methyl sites for hydroxylation is 1. The lowest BCUT2D eigenvalue weighted by atomic mass is 10.1. The quantitative estimate of drug-likeness (QED) is 0.874. The molecule has 21 heavy (non-hydrogen) atoms. The molecule has 114 valence electrons. The monoisotopic (exact) mass is 293 g/mol. The summed E-state index contributed by atoms with van der Waals surface area (Å²) in [6.45, 7) is 0.841. The van der Waals surface area contributed by atoms with Gasteiger partial charge in [-0.25, -0.2) is 4.79 Å². The Kier molecular flexibility index (Phi) is 5.16. The van der Waals surface area contributed by atoms with Crippen molar-refractivity contribution in [3.63, 3.8) is 0 Å². The number of carbonyl (C=O) groups is 2. The highest BCUT2D eigenvalue weighted by Crippen LogP contribution is 2.14. The molecular formula is C15H19NO5. The molecule has 1 atom stereocenters. The SMILES string of the molecule is COc1ccc(CCC(=O)N2CCOC(C(=O)O)C2)cc1. The maximum atomic E-state index is 12.1. The molecule has 0 aromatic heterocycles. The van der Waals surface area contributed by atoms with Crippen LogP contribution in [0.5, 0.6) is 5.75 Å². The van der Waals surface area contributed by atoms with Gasteiger partial charge in [-0.1, -0.05) is 12.1 Å². The third kappa shape index (κ3) is 4.19. The Morgan fingerprint density at radius 2 is 2.10 bits per heavy atom. The minimum absolute atomic E-state index is 0.0413. The largest absolute Gasteiger partial charge is 0.497 e. The van der Waals surface area contributed by atoms with E-state index in [2.05, 4.69) is 0 Å². The molecule has 0 spiro atoms. The molecule has 1 heterocycles. The molecule has 0 radical (unpaired) electrons. The Hall–Kier alpha value is -2.08. The molecule has 1 unspecified atom stereocenters. The van der Waals surface area contributed by atoms with Gasteiger partial charge >= 0.3 is 5.97 Å². The number of methoxy groups -OCH3 is 1. The minimum atomic E-state index is -1.03. The minimum Gasteiger partial charge on any atom is -0.497 e. The van der Waals surface area contributed by atoms with Crippen LogP contribution in [0.2, 0.25) is 0 Å². The molecule has 6 nitrogen and oxygen atoms in total. The van der Waals surface area contributed by atoms with Crippen molar-refractivity contribution in [3.05, 3.63) is 29.8 Å². The van der Waals surface area contributed by atoms with Crippen molar-refractivity contribution < 1.29 is 24.2 Å². The van der Waals surface area contributed by atoms with Gasteiger partial charge in [-0.15, -0.1) is 0 Å². The molecule has 1 amide bonds. The lowest BCUT2D eigenvalue weighted by Gasteiger charge is -2.31. The zero-order chi connectivity index (χ0) is 15.2. The summed E-state index contributed by atoms with van der Waals surface area (Å²) in [6.07, 6.45) is 0.0695. The molecular weight excluding hydrogens is 274 g/mol. The fourth-order valence-corrected chi connectivity index (χ4v) is 2.23. The van der Waals surface area contributed by atoms with Crippen molar-refractivity contribution in [2.24, 2.45) is 0 Å². The third-order valence-electron chi connectivity index (χ3n) is 3.48. The number of aliphatic carboxylic acids is 1. The number of ether oxygens (including phenoxy) is 2. The van der Waals surface area contributed by atoms with Crippen molar-refractivity contribution in [2.75, 3.05) is 26.8 Å². The molecule has 1 aliphatic heterocycles. The van der Waals surface area contributed by atoms with Crippen molar-refractivity contribution in [2.45, 2.75) is 18.9 Å². The molecule has 1 aliphatic rings. The second-order valence-electron chi connectivity index (χ2n) is 4.89. The number of hydrogen-bond acceptors (Lipinski definition) is 4. The maximum absolute atomic E-state index is 12.1. The van der Waals surface area contributed by atoms with Crippen molar-refractivity contribution in [1.82, 2.24) is 4.90 Å². The van der Waals surface area contributed by atoms with Crippen LogP contribution in [0.1, 0.15) is 12.0 Å². The summed E-state index contributed by atoms with van der Waals surface area (Å²) in [5.41, 5.74) is 1.05. The summed E-state index contributed by atoms with van der Waals surface area (Å²) in [6, 6.07) is 7.56. The molecule has 1 aromatic carbocycles. The molecule has 1 aromatic rings. The van der Waals surface area contributed by atoms with Crippen molar-refractivity contribution in [3.8, 4) is 5.75 Å². The van der Waals surface area contributed by atoms with Gasteiger partial charge in [0.05, 0.1) is 20.3 Å². The van der Waals surface area contributed by atoms with Gasteiger partial charge in [0, 0.05) is 13.0 Å². The van der Waals surface area contributed by atoms with E-state index >= 15 is 0 Å². The first-order valence-electron chi connectivity index (χ1n) is 6.85. The molecule has 1 fully saturated rings. The van der Waals surface area contributed by atoms with Gasteiger partial charge in [0.1, 0.15) is 5.75 Å². The number of benzene rings is 1. The van der Waals surface area contributed by atoms with Crippen LogP contribution in [0.4, 0.5) is 0 Å². The fraction of sp³-hybridized carbons (Fsp3) is 0.467. The molecule has 0 saturated carbocycles. The fourth-order valence-electron chi connectivity index (χ4n) is 2.23. The zero-order valence-corrected chi connectivity index (χ0v) is 11.9.